The minimum absolute atomic E-state index is 0.0867. The molecule has 2 N–H and O–H groups in total. The Hall–Kier alpha value is -2.63. The van der Waals surface area contributed by atoms with Crippen molar-refractivity contribution in [3.05, 3.63) is 48.6 Å². The maximum absolute atomic E-state index is 12.6. The molecule has 0 aromatic heterocycles. The second-order valence-corrected chi connectivity index (χ2v) is 12.1. The van der Waals surface area contributed by atoms with Crippen molar-refractivity contribution in [2.75, 3.05) is 6.54 Å². The maximum Gasteiger partial charge on any atom is 0.322 e. The molecule has 258 valence electrons. The lowest BCUT2D eigenvalue weighted by Crippen LogP contribution is -2.28. The third-order valence-corrected chi connectivity index (χ3v) is 7.69. The van der Waals surface area contributed by atoms with Crippen LogP contribution in [0.5, 0.6) is 0 Å². The lowest BCUT2D eigenvalue weighted by atomic mass is 10.1. The van der Waals surface area contributed by atoms with E-state index < -0.39 is 5.97 Å². The summed E-state index contributed by atoms with van der Waals surface area (Å²) in [7, 11) is 0. The zero-order chi connectivity index (χ0) is 33.1. The molecule has 0 aliphatic rings. The van der Waals surface area contributed by atoms with Crippen molar-refractivity contribution in [1.82, 2.24) is 5.32 Å². The maximum atomic E-state index is 12.6. The van der Waals surface area contributed by atoms with Gasteiger partial charge in [-0.25, -0.2) is 0 Å². The largest absolute Gasteiger partial charge is 0.480 e. The van der Waals surface area contributed by atoms with E-state index >= 15 is 0 Å². The highest BCUT2D eigenvalue weighted by molar-refractivity contribution is 5.80. The van der Waals surface area contributed by atoms with Crippen molar-refractivity contribution in [3.63, 3.8) is 0 Å². The molecule has 1 unspecified atom stereocenters. The van der Waals surface area contributed by atoms with Gasteiger partial charge in [-0.1, -0.05) is 127 Å². The molecule has 0 aromatic carbocycles. The second kappa shape index (κ2) is 34.2. The number of aliphatic carboxylic acids is 1. The molecule has 6 nitrogen and oxygen atoms in total. The highest BCUT2D eigenvalue weighted by atomic mass is 16.5. The summed E-state index contributed by atoms with van der Waals surface area (Å²) in [5, 5.41) is 11.0. The number of carboxylic acid groups (broad SMARTS) is 1. The van der Waals surface area contributed by atoms with Gasteiger partial charge in [-0.2, -0.15) is 0 Å². The van der Waals surface area contributed by atoms with Crippen molar-refractivity contribution < 1.29 is 24.2 Å². The summed E-state index contributed by atoms with van der Waals surface area (Å²) < 4.78 is 5.89. The summed E-state index contributed by atoms with van der Waals surface area (Å²) in [4.78, 5) is 34.7. The molecule has 0 fully saturated rings. The van der Waals surface area contributed by atoms with Crippen LogP contribution in [0.3, 0.4) is 0 Å². The van der Waals surface area contributed by atoms with Gasteiger partial charge in [0.15, 0.2) is 0 Å². The van der Waals surface area contributed by atoms with Crippen LogP contribution in [0.25, 0.3) is 0 Å². The molecule has 0 rings (SSSR count). The van der Waals surface area contributed by atoms with Crippen LogP contribution >= 0.6 is 0 Å². The van der Waals surface area contributed by atoms with E-state index in [1.165, 1.54) is 57.8 Å². The van der Waals surface area contributed by atoms with Gasteiger partial charge in [0, 0.05) is 12.8 Å². The van der Waals surface area contributed by atoms with Crippen LogP contribution in [-0.2, 0) is 19.1 Å². The van der Waals surface area contributed by atoms with E-state index in [2.05, 4.69) is 67.8 Å². The normalized spacial score (nSPS) is 12.6. The Morgan fingerprint density at radius 2 is 1.13 bits per heavy atom. The first kappa shape index (κ1) is 42.4. The fraction of sp³-hybridized carbons (Fsp3) is 0.718. The molecule has 0 saturated heterocycles. The van der Waals surface area contributed by atoms with Gasteiger partial charge >= 0.3 is 11.9 Å². The van der Waals surface area contributed by atoms with Crippen molar-refractivity contribution in [1.29, 1.82) is 0 Å². The fourth-order valence-corrected chi connectivity index (χ4v) is 4.97. The fourth-order valence-electron chi connectivity index (χ4n) is 4.97. The zero-order valence-corrected chi connectivity index (χ0v) is 29.0. The highest BCUT2D eigenvalue weighted by Crippen LogP contribution is 2.15. The number of carbonyl (C=O) groups excluding carboxylic acids is 2. The summed E-state index contributed by atoms with van der Waals surface area (Å²) >= 11 is 0. The molecule has 0 aliphatic carbocycles. The molecule has 0 bridgehead atoms. The number of amides is 1. The SMILES string of the molecule is CCC/C=C\C/C=C\CCCCCCCC(=O)OC(/C=C\C/C=C\CCCCCC)CCCCCCCCC(=O)NCC(=O)O. The number of unbranched alkanes of at least 4 members (excludes halogenated alkanes) is 15. The molecule has 1 atom stereocenters. The predicted octanol–water partition coefficient (Wildman–Crippen LogP) is 10.7. The number of hydrogen-bond donors (Lipinski definition) is 2. The standard InChI is InChI=1S/C39H67NO5/c1-3-5-7-9-11-13-14-15-16-18-20-26-30-34-39(44)45-36(31-27-23-19-17-12-10-8-6-4-2)32-28-24-21-22-25-29-33-37(41)40-35-38(42)43/h7,9,13-14,17,19,27,31,36H,3-6,8,10-12,15-16,18,20-26,28-30,32-35H2,1-2H3,(H,40,41)(H,42,43)/b9-7-,14-13-,19-17-,31-27-. The van der Waals surface area contributed by atoms with Gasteiger partial charge in [0.2, 0.25) is 5.91 Å². The van der Waals surface area contributed by atoms with E-state index in [1.807, 2.05) is 0 Å². The van der Waals surface area contributed by atoms with Gasteiger partial charge in [0.05, 0.1) is 0 Å². The minimum Gasteiger partial charge on any atom is -0.480 e. The van der Waals surface area contributed by atoms with Crippen LogP contribution < -0.4 is 5.32 Å². The van der Waals surface area contributed by atoms with Crippen LogP contribution in [0, 0.1) is 0 Å². The Balaban J connectivity index is 4.28. The van der Waals surface area contributed by atoms with E-state index in [9.17, 15) is 14.4 Å². The number of carbonyl (C=O) groups is 3. The summed E-state index contributed by atoms with van der Waals surface area (Å²) in [6, 6.07) is 0. The van der Waals surface area contributed by atoms with E-state index in [0.717, 1.165) is 83.5 Å². The zero-order valence-electron chi connectivity index (χ0n) is 29.0. The first-order valence-corrected chi connectivity index (χ1v) is 18.3. The van der Waals surface area contributed by atoms with Crippen LogP contribution in [0.2, 0.25) is 0 Å². The summed E-state index contributed by atoms with van der Waals surface area (Å²) in [5.41, 5.74) is 0. The Bertz CT molecular complexity index is 829. The van der Waals surface area contributed by atoms with E-state index in [1.54, 1.807) is 0 Å². The van der Waals surface area contributed by atoms with Crippen molar-refractivity contribution in [3.8, 4) is 0 Å². The number of allylic oxidation sites excluding steroid dienone is 7. The van der Waals surface area contributed by atoms with Gasteiger partial charge in [-0.05, 0) is 76.7 Å². The first-order valence-electron chi connectivity index (χ1n) is 18.3. The smallest absolute Gasteiger partial charge is 0.322 e. The average molecular weight is 630 g/mol. The van der Waals surface area contributed by atoms with Crippen LogP contribution in [-0.4, -0.2) is 35.6 Å². The van der Waals surface area contributed by atoms with Gasteiger partial charge in [0.1, 0.15) is 12.6 Å². The molecule has 0 aromatic rings. The topological polar surface area (TPSA) is 92.7 Å². The van der Waals surface area contributed by atoms with Gasteiger partial charge < -0.3 is 15.2 Å². The summed E-state index contributed by atoms with van der Waals surface area (Å²) in [6.07, 6.45) is 42.4. The lowest BCUT2D eigenvalue weighted by Gasteiger charge is -2.14. The molecule has 0 radical (unpaired) electrons. The summed E-state index contributed by atoms with van der Waals surface area (Å²) in [6.45, 7) is 4.12. The molecule has 0 heterocycles. The quantitative estimate of drug-likeness (QED) is 0.0439. The number of carboxylic acids is 1. The minimum atomic E-state index is -1.02. The predicted molar refractivity (Wildman–Crippen MR) is 189 cm³/mol. The summed E-state index contributed by atoms with van der Waals surface area (Å²) in [5.74, 6) is -1.31. The Morgan fingerprint density at radius 3 is 1.76 bits per heavy atom. The molecular formula is C39H67NO5. The van der Waals surface area contributed by atoms with Crippen molar-refractivity contribution in [2.45, 2.75) is 174 Å². The second-order valence-electron chi connectivity index (χ2n) is 12.1. The molecule has 0 spiro atoms. The van der Waals surface area contributed by atoms with Gasteiger partial charge in [-0.15, -0.1) is 0 Å². The highest BCUT2D eigenvalue weighted by Gasteiger charge is 2.11. The molecular weight excluding hydrogens is 562 g/mol. The third-order valence-electron chi connectivity index (χ3n) is 7.69. The van der Waals surface area contributed by atoms with E-state index in [0.29, 0.717) is 12.8 Å². The lowest BCUT2D eigenvalue weighted by molar-refractivity contribution is -0.147. The first-order chi connectivity index (χ1) is 22.0. The number of nitrogens with one attached hydrogen (secondary N) is 1. The van der Waals surface area contributed by atoms with Gasteiger partial charge in [-0.3, -0.25) is 14.4 Å². The molecule has 45 heavy (non-hydrogen) atoms. The molecule has 0 saturated carbocycles. The van der Waals surface area contributed by atoms with Crippen molar-refractivity contribution in [2.24, 2.45) is 0 Å². The molecule has 0 aliphatic heterocycles. The Kier molecular flexibility index (Phi) is 32.2. The Labute approximate surface area is 276 Å². The number of rotatable bonds is 32. The van der Waals surface area contributed by atoms with Crippen LogP contribution in [0.15, 0.2) is 48.6 Å². The van der Waals surface area contributed by atoms with E-state index in [4.69, 9.17) is 9.84 Å². The number of esters is 1. The average Bonchev–Trinajstić information content (AvgIpc) is 3.02. The molecule has 6 heteroatoms. The Morgan fingerprint density at radius 1 is 0.600 bits per heavy atom. The van der Waals surface area contributed by atoms with E-state index in [-0.39, 0.29) is 24.5 Å². The monoisotopic (exact) mass is 630 g/mol. The van der Waals surface area contributed by atoms with Gasteiger partial charge in [0.25, 0.3) is 0 Å². The van der Waals surface area contributed by atoms with Crippen molar-refractivity contribution >= 4 is 17.8 Å². The molecule has 1 amide bonds. The number of ether oxygens (including phenoxy) is 1. The number of hydrogen-bond acceptors (Lipinski definition) is 4. The van der Waals surface area contributed by atoms with Crippen LogP contribution in [0.1, 0.15) is 168 Å². The van der Waals surface area contributed by atoms with Crippen LogP contribution in [0.4, 0.5) is 0 Å². The third kappa shape index (κ3) is 34.1.